The third kappa shape index (κ3) is 4.10. The highest BCUT2D eigenvalue weighted by Gasteiger charge is 2.28. The van der Waals surface area contributed by atoms with Crippen molar-refractivity contribution in [2.75, 3.05) is 13.1 Å². The fourth-order valence-corrected chi connectivity index (χ4v) is 2.36. The molecule has 1 aliphatic heterocycles. The average Bonchev–Trinajstić information content (AvgIpc) is 2.33. The second-order valence-corrected chi connectivity index (χ2v) is 5.64. The molecule has 0 saturated carbocycles. The molecule has 1 aliphatic rings. The van der Waals surface area contributed by atoms with E-state index < -0.39 is 0 Å². The molecular formula is C14H20Cl2N2O. The van der Waals surface area contributed by atoms with Crippen molar-refractivity contribution in [1.82, 2.24) is 10.6 Å². The van der Waals surface area contributed by atoms with Crippen molar-refractivity contribution in [2.24, 2.45) is 0 Å². The van der Waals surface area contributed by atoms with Crippen molar-refractivity contribution < 1.29 is 4.79 Å². The standard InChI is InChI=1S/C14H19ClN2O.ClH/c1-10-3-4-11(9-12(10)15)13(18)17-14(2)5-7-16-8-6-14;/h3-4,9,16H,5-8H2,1-2H3,(H,17,18);1H. The van der Waals surface area contributed by atoms with Crippen LogP contribution in [0, 0.1) is 6.92 Å². The predicted octanol–water partition coefficient (Wildman–Crippen LogP) is 2.94. The number of aryl methyl sites for hydroxylation is 1. The van der Waals surface area contributed by atoms with Gasteiger partial charge in [-0.3, -0.25) is 4.79 Å². The van der Waals surface area contributed by atoms with E-state index in [0.29, 0.717) is 10.6 Å². The summed E-state index contributed by atoms with van der Waals surface area (Å²) in [4.78, 5) is 12.2. The van der Waals surface area contributed by atoms with Crippen LogP contribution in [0.3, 0.4) is 0 Å². The quantitative estimate of drug-likeness (QED) is 0.882. The van der Waals surface area contributed by atoms with Gasteiger partial charge in [-0.15, -0.1) is 12.4 Å². The molecule has 2 rings (SSSR count). The molecule has 0 spiro atoms. The van der Waals surface area contributed by atoms with Gasteiger partial charge in [0, 0.05) is 16.1 Å². The second kappa shape index (κ2) is 6.60. The first kappa shape index (κ1) is 16.3. The number of halogens is 2. The van der Waals surface area contributed by atoms with Gasteiger partial charge < -0.3 is 10.6 Å². The molecule has 106 valence electrons. The van der Waals surface area contributed by atoms with Crippen LogP contribution < -0.4 is 10.6 Å². The number of rotatable bonds is 2. The van der Waals surface area contributed by atoms with E-state index >= 15 is 0 Å². The summed E-state index contributed by atoms with van der Waals surface area (Å²) in [6.45, 7) is 5.93. The zero-order valence-electron chi connectivity index (χ0n) is 11.3. The number of benzene rings is 1. The van der Waals surface area contributed by atoms with Gasteiger partial charge in [0.25, 0.3) is 5.91 Å². The van der Waals surface area contributed by atoms with Crippen molar-refractivity contribution >= 4 is 29.9 Å². The number of carbonyl (C=O) groups is 1. The molecule has 0 bridgehead atoms. The van der Waals surface area contributed by atoms with Crippen LogP contribution in [0.15, 0.2) is 18.2 Å². The summed E-state index contributed by atoms with van der Waals surface area (Å²) in [6.07, 6.45) is 1.91. The Morgan fingerprint density at radius 3 is 2.58 bits per heavy atom. The van der Waals surface area contributed by atoms with Crippen LogP contribution in [-0.2, 0) is 0 Å². The van der Waals surface area contributed by atoms with Crippen LogP contribution in [0.5, 0.6) is 0 Å². The zero-order chi connectivity index (χ0) is 13.2. The Bertz CT molecular complexity index is 457. The van der Waals surface area contributed by atoms with Crippen molar-refractivity contribution in [2.45, 2.75) is 32.2 Å². The summed E-state index contributed by atoms with van der Waals surface area (Å²) in [5, 5.41) is 7.05. The first-order valence-corrected chi connectivity index (χ1v) is 6.67. The van der Waals surface area contributed by atoms with E-state index in [4.69, 9.17) is 11.6 Å². The average molecular weight is 303 g/mol. The summed E-state index contributed by atoms with van der Waals surface area (Å²) in [5.41, 5.74) is 1.51. The van der Waals surface area contributed by atoms with E-state index in [1.807, 2.05) is 19.1 Å². The van der Waals surface area contributed by atoms with E-state index in [1.165, 1.54) is 0 Å². The maximum absolute atomic E-state index is 12.2. The highest BCUT2D eigenvalue weighted by Crippen LogP contribution is 2.20. The molecule has 1 saturated heterocycles. The van der Waals surface area contributed by atoms with Gasteiger partial charge in [-0.25, -0.2) is 0 Å². The van der Waals surface area contributed by atoms with Crippen molar-refractivity contribution in [3.63, 3.8) is 0 Å². The number of hydrogen-bond acceptors (Lipinski definition) is 2. The Hall–Kier alpha value is -0.770. The predicted molar refractivity (Wildman–Crippen MR) is 81.4 cm³/mol. The summed E-state index contributed by atoms with van der Waals surface area (Å²) in [6, 6.07) is 5.43. The largest absolute Gasteiger partial charge is 0.347 e. The Kier molecular flexibility index (Phi) is 5.65. The van der Waals surface area contributed by atoms with Crippen LogP contribution in [0.4, 0.5) is 0 Å². The van der Waals surface area contributed by atoms with Crippen molar-refractivity contribution in [3.05, 3.63) is 34.3 Å². The number of carbonyl (C=O) groups excluding carboxylic acids is 1. The highest BCUT2D eigenvalue weighted by atomic mass is 35.5. The van der Waals surface area contributed by atoms with E-state index in [1.54, 1.807) is 6.07 Å². The fourth-order valence-electron chi connectivity index (χ4n) is 2.18. The topological polar surface area (TPSA) is 41.1 Å². The number of nitrogens with one attached hydrogen (secondary N) is 2. The van der Waals surface area contributed by atoms with Crippen LogP contribution in [0.25, 0.3) is 0 Å². The molecule has 0 atom stereocenters. The van der Waals surface area contributed by atoms with E-state index in [-0.39, 0.29) is 23.9 Å². The maximum atomic E-state index is 12.2. The molecule has 0 radical (unpaired) electrons. The lowest BCUT2D eigenvalue weighted by Crippen LogP contribution is -2.52. The van der Waals surface area contributed by atoms with Gasteiger partial charge in [0.1, 0.15) is 0 Å². The summed E-state index contributed by atoms with van der Waals surface area (Å²) in [7, 11) is 0. The van der Waals surface area contributed by atoms with Crippen LogP contribution in [-0.4, -0.2) is 24.5 Å². The lowest BCUT2D eigenvalue weighted by Gasteiger charge is -2.35. The Labute approximate surface area is 125 Å². The molecule has 2 N–H and O–H groups in total. The summed E-state index contributed by atoms with van der Waals surface area (Å²) in [5.74, 6) is -0.0405. The Morgan fingerprint density at radius 1 is 1.37 bits per heavy atom. The van der Waals surface area contributed by atoms with Crippen LogP contribution >= 0.6 is 24.0 Å². The zero-order valence-corrected chi connectivity index (χ0v) is 12.8. The molecular weight excluding hydrogens is 283 g/mol. The molecule has 19 heavy (non-hydrogen) atoms. The number of piperidine rings is 1. The number of hydrogen-bond donors (Lipinski definition) is 2. The third-order valence-electron chi connectivity index (χ3n) is 3.56. The van der Waals surface area contributed by atoms with Gasteiger partial charge in [-0.1, -0.05) is 17.7 Å². The normalized spacial score (nSPS) is 17.4. The third-order valence-corrected chi connectivity index (χ3v) is 3.96. The van der Waals surface area contributed by atoms with Gasteiger partial charge in [-0.2, -0.15) is 0 Å². The molecule has 0 unspecified atom stereocenters. The minimum atomic E-state index is -0.111. The second-order valence-electron chi connectivity index (χ2n) is 5.23. The van der Waals surface area contributed by atoms with Gasteiger partial charge in [0.2, 0.25) is 0 Å². The monoisotopic (exact) mass is 302 g/mol. The SMILES string of the molecule is Cc1ccc(C(=O)NC2(C)CCNCC2)cc1Cl.Cl. The molecule has 1 aromatic carbocycles. The molecule has 1 aromatic rings. The lowest BCUT2D eigenvalue weighted by atomic mass is 9.90. The molecule has 1 heterocycles. The van der Waals surface area contributed by atoms with E-state index in [0.717, 1.165) is 31.5 Å². The first-order valence-electron chi connectivity index (χ1n) is 6.30. The minimum Gasteiger partial charge on any atom is -0.347 e. The molecule has 1 fully saturated rings. The molecule has 3 nitrogen and oxygen atoms in total. The van der Waals surface area contributed by atoms with E-state index in [2.05, 4.69) is 17.6 Å². The molecule has 5 heteroatoms. The molecule has 0 aromatic heterocycles. The lowest BCUT2D eigenvalue weighted by molar-refractivity contribution is 0.0887. The number of amides is 1. The Morgan fingerprint density at radius 2 is 2.00 bits per heavy atom. The van der Waals surface area contributed by atoms with Crippen LogP contribution in [0.1, 0.15) is 35.7 Å². The van der Waals surface area contributed by atoms with Gasteiger partial charge >= 0.3 is 0 Å². The van der Waals surface area contributed by atoms with E-state index in [9.17, 15) is 4.79 Å². The maximum Gasteiger partial charge on any atom is 0.251 e. The van der Waals surface area contributed by atoms with Crippen LogP contribution in [0.2, 0.25) is 5.02 Å². The fraction of sp³-hybridized carbons (Fsp3) is 0.500. The van der Waals surface area contributed by atoms with Gasteiger partial charge in [0.15, 0.2) is 0 Å². The summed E-state index contributed by atoms with van der Waals surface area (Å²) < 4.78 is 0. The Balaban J connectivity index is 0.00000180. The van der Waals surface area contributed by atoms with Crippen molar-refractivity contribution in [1.29, 1.82) is 0 Å². The smallest absolute Gasteiger partial charge is 0.251 e. The van der Waals surface area contributed by atoms with Gasteiger partial charge in [-0.05, 0) is 57.5 Å². The summed E-state index contributed by atoms with van der Waals surface area (Å²) >= 11 is 6.05. The highest BCUT2D eigenvalue weighted by molar-refractivity contribution is 6.31. The molecule has 1 amide bonds. The van der Waals surface area contributed by atoms with Crippen molar-refractivity contribution in [3.8, 4) is 0 Å². The first-order chi connectivity index (χ1) is 8.50. The van der Waals surface area contributed by atoms with Gasteiger partial charge in [0.05, 0.1) is 0 Å². The minimum absolute atomic E-state index is 0. The molecule has 0 aliphatic carbocycles.